The molecule has 0 bridgehead atoms. The number of aromatic nitrogens is 2. The van der Waals surface area contributed by atoms with E-state index in [2.05, 4.69) is 10.3 Å². The van der Waals surface area contributed by atoms with Crippen LogP contribution < -0.4 is 10.9 Å². The topological polar surface area (TPSA) is 105 Å². The normalized spacial score (nSPS) is 18.2. The van der Waals surface area contributed by atoms with E-state index in [0.29, 0.717) is 43.6 Å². The average Bonchev–Trinajstić information content (AvgIpc) is 2.60. The monoisotopic (exact) mass is 362 g/mol. The van der Waals surface area contributed by atoms with Gasteiger partial charge in [-0.05, 0) is 18.2 Å². The fraction of sp³-hybridized carbons (Fsp3) is 0.412. The molecule has 1 unspecified atom stereocenters. The van der Waals surface area contributed by atoms with E-state index in [1.807, 2.05) is 4.90 Å². The summed E-state index contributed by atoms with van der Waals surface area (Å²) in [7, 11) is 0. The van der Waals surface area contributed by atoms with Crippen LogP contribution in [0.3, 0.4) is 0 Å². The number of hydrogen-bond donors (Lipinski definition) is 2. The van der Waals surface area contributed by atoms with E-state index in [-0.39, 0.29) is 17.9 Å². The fourth-order valence-corrected chi connectivity index (χ4v) is 3.18. The van der Waals surface area contributed by atoms with Crippen molar-refractivity contribution in [3.63, 3.8) is 0 Å². The number of likely N-dealkylation sites (tertiary alicyclic amines) is 1. The molecule has 2 aromatic rings. The first kappa shape index (κ1) is 18.0. The number of piperidine rings is 1. The molecule has 2 heterocycles. The lowest BCUT2D eigenvalue weighted by Crippen LogP contribution is -2.46. The summed E-state index contributed by atoms with van der Waals surface area (Å²) in [6, 6.07) is 4.09. The zero-order chi connectivity index (χ0) is 18.7. The molecule has 26 heavy (non-hydrogen) atoms. The highest BCUT2D eigenvalue weighted by Crippen LogP contribution is 2.14. The smallest absolute Gasteiger partial charge is 0.404 e. The van der Waals surface area contributed by atoms with Gasteiger partial charge in [0, 0.05) is 45.1 Å². The van der Waals surface area contributed by atoms with Gasteiger partial charge in [0.1, 0.15) is 11.6 Å². The molecular weight excluding hydrogens is 343 g/mol. The van der Waals surface area contributed by atoms with Crippen molar-refractivity contribution in [3.05, 3.63) is 40.6 Å². The largest absolute Gasteiger partial charge is 0.465 e. The number of benzene rings is 1. The summed E-state index contributed by atoms with van der Waals surface area (Å²) < 4.78 is 15.0. The van der Waals surface area contributed by atoms with E-state index in [4.69, 9.17) is 5.11 Å². The van der Waals surface area contributed by atoms with Crippen molar-refractivity contribution >= 4 is 22.9 Å². The first-order valence-electron chi connectivity index (χ1n) is 8.31. The van der Waals surface area contributed by atoms with Crippen LogP contribution in [0.2, 0.25) is 0 Å². The van der Waals surface area contributed by atoms with E-state index in [1.54, 1.807) is 0 Å². The maximum atomic E-state index is 13.5. The van der Waals surface area contributed by atoms with Crippen molar-refractivity contribution in [3.8, 4) is 0 Å². The number of carbonyl (C=O) groups is 2. The maximum absolute atomic E-state index is 13.5. The highest BCUT2D eigenvalue weighted by Gasteiger charge is 2.27. The van der Waals surface area contributed by atoms with Crippen molar-refractivity contribution < 1.29 is 19.1 Å². The van der Waals surface area contributed by atoms with Crippen LogP contribution in [0.5, 0.6) is 0 Å². The molecule has 1 atom stereocenters. The Morgan fingerprint density at radius 1 is 1.35 bits per heavy atom. The lowest BCUT2D eigenvalue weighted by molar-refractivity contribution is -0.126. The Labute approximate surface area is 148 Å². The number of rotatable bonds is 5. The summed E-state index contributed by atoms with van der Waals surface area (Å²) in [5.74, 6) is -0.811. The first-order chi connectivity index (χ1) is 12.4. The number of hydrogen-bond acceptors (Lipinski definition) is 5. The maximum Gasteiger partial charge on any atom is 0.404 e. The summed E-state index contributed by atoms with van der Waals surface area (Å²) in [5.41, 5.74) is 0.637. The minimum absolute atomic E-state index is 0.0311. The van der Waals surface area contributed by atoms with Crippen LogP contribution in [-0.2, 0) is 11.3 Å². The predicted octanol–water partition coefficient (Wildman–Crippen LogP) is 0.694. The van der Waals surface area contributed by atoms with E-state index in [1.165, 1.54) is 29.0 Å². The van der Waals surface area contributed by atoms with Crippen molar-refractivity contribution in [2.75, 3.05) is 26.2 Å². The summed E-state index contributed by atoms with van der Waals surface area (Å²) in [4.78, 5) is 40.7. The van der Waals surface area contributed by atoms with Gasteiger partial charge < -0.3 is 19.9 Å². The highest BCUT2D eigenvalue weighted by molar-refractivity contribution is 5.82. The molecule has 3 rings (SSSR count). The van der Waals surface area contributed by atoms with Gasteiger partial charge in [-0.2, -0.15) is 0 Å². The first-order valence-corrected chi connectivity index (χ1v) is 8.31. The molecule has 2 N–H and O–H groups in total. The van der Waals surface area contributed by atoms with Crippen molar-refractivity contribution in [1.82, 2.24) is 19.8 Å². The Morgan fingerprint density at radius 2 is 2.15 bits per heavy atom. The zero-order valence-electron chi connectivity index (χ0n) is 14.0. The van der Waals surface area contributed by atoms with Crippen LogP contribution in [0.25, 0.3) is 11.0 Å². The number of carbonyl (C=O) groups excluding carboxylic acids is 1. The van der Waals surface area contributed by atoms with Crippen molar-refractivity contribution in [2.24, 2.45) is 5.92 Å². The van der Waals surface area contributed by atoms with Crippen molar-refractivity contribution in [2.45, 2.75) is 13.0 Å². The highest BCUT2D eigenvalue weighted by atomic mass is 19.1. The average molecular weight is 362 g/mol. The number of nitrogens with one attached hydrogen (secondary N) is 1. The Morgan fingerprint density at radius 3 is 2.92 bits per heavy atom. The molecule has 0 radical (unpaired) electrons. The van der Waals surface area contributed by atoms with Gasteiger partial charge in [0.2, 0.25) is 0 Å². The van der Waals surface area contributed by atoms with E-state index >= 15 is 0 Å². The standard InChI is InChI=1S/C17H19FN4O4/c18-12-1-2-13-14(7-12)22(16(24)9-19-13)6-5-21-4-3-15(23)11(10-21)8-20-17(25)26/h1-2,7,9,11,20H,3-6,8,10H2,(H,25,26). The lowest BCUT2D eigenvalue weighted by atomic mass is 9.96. The number of amides is 1. The second kappa shape index (κ2) is 7.61. The van der Waals surface area contributed by atoms with Gasteiger partial charge in [0.05, 0.1) is 17.2 Å². The van der Waals surface area contributed by atoms with Crippen LogP contribution in [0.15, 0.2) is 29.2 Å². The molecule has 1 amide bonds. The molecule has 1 saturated heterocycles. The van der Waals surface area contributed by atoms with Gasteiger partial charge in [0.15, 0.2) is 0 Å². The third kappa shape index (κ3) is 4.05. The number of ketones is 1. The molecule has 1 aromatic carbocycles. The molecule has 0 saturated carbocycles. The quantitative estimate of drug-likeness (QED) is 0.811. The van der Waals surface area contributed by atoms with Crippen LogP contribution in [0.1, 0.15) is 6.42 Å². The molecule has 1 aromatic heterocycles. The molecular formula is C17H19FN4O4. The number of carboxylic acid groups (broad SMARTS) is 1. The summed E-state index contributed by atoms with van der Waals surface area (Å²) in [6.45, 7) is 1.87. The molecule has 0 spiro atoms. The number of nitrogens with zero attached hydrogens (tertiary/aromatic N) is 3. The van der Waals surface area contributed by atoms with Gasteiger partial charge in [0.25, 0.3) is 5.56 Å². The lowest BCUT2D eigenvalue weighted by Gasteiger charge is -2.31. The van der Waals surface area contributed by atoms with Gasteiger partial charge >= 0.3 is 6.09 Å². The summed E-state index contributed by atoms with van der Waals surface area (Å²) in [5, 5.41) is 10.9. The molecule has 1 fully saturated rings. The van der Waals surface area contributed by atoms with Crippen LogP contribution >= 0.6 is 0 Å². The van der Waals surface area contributed by atoms with Crippen LogP contribution in [0, 0.1) is 11.7 Å². The minimum Gasteiger partial charge on any atom is -0.465 e. The molecule has 8 nitrogen and oxygen atoms in total. The van der Waals surface area contributed by atoms with Crippen LogP contribution in [-0.4, -0.2) is 57.6 Å². The molecule has 1 aliphatic rings. The fourth-order valence-electron chi connectivity index (χ4n) is 3.18. The van der Waals surface area contributed by atoms with Gasteiger partial charge in [-0.15, -0.1) is 0 Å². The van der Waals surface area contributed by atoms with Gasteiger partial charge in [-0.25, -0.2) is 14.2 Å². The second-order valence-corrected chi connectivity index (χ2v) is 6.28. The number of Topliss-reactive ketones (excluding diaryl/α,β-unsaturated/α-hetero) is 1. The number of halogens is 1. The summed E-state index contributed by atoms with van der Waals surface area (Å²) >= 11 is 0. The van der Waals surface area contributed by atoms with Gasteiger partial charge in [-0.3, -0.25) is 9.59 Å². The molecule has 1 aliphatic heterocycles. The second-order valence-electron chi connectivity index (χ2n) is 6.28. The minimum atomic E-state index is -1.16. The third-order valence-corrected chi connectivity index (χ3v) is 4.56. The van der Waals surface area contributed by atoms with E-state index in [0.717, 1.165) is 0 Å². The van der Waals surface area contributed by atoms with Crippen molar-refractivity contribution in [1.29, 1.82) is 0 Å². The van der Waals surface area contributed by atoms with Gasteiger partial charge in [-0.1, -0.05) is 0 Å². The third-order valence-electron chi connectivity index (χ3n) is 4.56. The Balaban J connectivity index is 1.71. The number of fused-ring (bicyclic) bond motifs is 1. The zero-order valence-corrected chi connectivity index (χ0v) is 14.0. The Kier molecular flexibility index (Phi) is 5.27. The Bertz CT molecular complexity index is 898. The molecule has 9 heteroatoms. The Hall–Kier alpha value is -2.81. The molecule has 138 valence electrons. The van der Waals surface area contributed by atoms with E-state index < -0.39 is 17.8 Å². The predicted molar refractivity (Wildman–Crippen MR) is 91.5 cm³/mol. The summed E-state index contributed by atoms with van der Waals surface area (Å²) in [6.07, 6.45) is 0.387. The van der Waals surface area contributed by atoms with Crippen LogP contribution in [0.4, 0.5) is 9.18 Å². The molecule has 0 aliphatic carbocycles. The SMILES string of the molecule is O=C(O)NCC1CN(CCn2c(=O)cnc3ccc(F)cc32)CCC1=O. The van der Waals surface area contributed by atoms with E-state index in [9.17, 15) is 18.8 Å².